The molecule has 0 amide bonds. The van der Waals surface area contributed by atoms with Gasteiger partial charge in [0.25, 0.3) is 0 Å². The van der Waals surface area contributed by atoms with Gasteiger partial charge >= 0.3 is 0 Å². The van der Waals surface area contributed by atoms with E-state index in [1.54, 1.807) is 0 Å². The first kappa shape index (κ1) is 21.0. The summed E-state index contributed by atoms with van der Waals surface area (Å²) in [4.78, 5) is 11.6. The fraction of sp³-hybridized carbons (Fsp3) is 0.565. The zero-order chi connectivity index (χ0) is 20.6. The maximum atomic E-state index is 9.13. The van der Waals surface area contributed by atoms with Crippen LogP contribution < -0.4 is 9.64 Å². The van der Waals surface area contributed by atoms with Crippen LogP contribution in [0.5, 0.6) is 5.88 Å². The Labute approximate surface area is 178 Å². The van der Waals surface area contributed by atoms with E-state index in [0.29, 0.717) is 24.7 Å². The number of hydrogen-bond acceptors (Lipinski definition) is 7. The quantitative estimate of drug-likeness (QED) is 0.713. The average Bonchev–Trinajstić information content (AvgIpc) is 3.01. The number of ether oxygens (including phenoxy) is 3. The summed E-state index contributed by atoms with van der Waals surface area (Å²) in [6.45, 7) is 3.26. The fourth-order valence-corrected chi connectivity index (χ4v) is 3.98. The highest BCUT2D eigenvalue weighted by Crippen LogP contribution is 2.23. The van der Waals surface area contributed by atoms with Gasteiger partial charge in [-0.3, -0.25) is 0 Å². The number of nitrogens with zero attached hydrogens (tertiary/aromatic N) is 3. The number of aromatic nitrogens is 2. The van der Waals surface area contributed by atoms with Crippen LogP contribution in [0.25, 0.3) is 0 Å². The molecule has 1 fully saturated rings. The van der Waals surface area contributed by atoms with Crippen LogP contribution in [-0.4, -0.2) is 60.9 Å². The van der Waals surface area contributed by atoms with Gasteiger partial charge in [-0.1, -0.05) is 24.3 Å². The Morgan fingerprint density at radius 1 is 1.07 bits per heavy atom. The van der Waals surface area contributed by atoms with Gasteiger partial charge in [-0.15, -0.1) is 0 Å². The standard InChI is InChI=1S/C23H31N3O4/c27-13-16-28-22-17-21(26-11-8-18-5-1-2-6-19(18)9-12-26)24-20(25-22)10-15-30-23-7-3-4-14-29-23/h1-2,5-6,17,23,27H,3-4,7-16H2. The SMILES string of the molecule is OCCOc1cc(N2CCc3ccccc3CC2)nc(CCOC2CCCCO2)n1. The molecule has 2 aromatic rings. The predicted molar refractivity (Wildman–Crippen MR) is 114 cm³/mol. The summed E-state index contributed by atoms with van der Waals surface area (Å²) in [5.74, 6) is 2.06. The van der Waals surface area contributed by atoms with Crippen molar-refractivity contribution in [1.29, 1.82) is 0 Å². The third kappa shape index (κ3) is 5.68. The molecule has 162 valence electrons. The van der Waals surface area contributed by atoms with Crippen LogP contribution in [0.2, 0.25) is 0 Å². The Morgan fingerprint density at radius 3 is 2.57 bits per heavy atom. The number of rotatable bonds is 8. The van der Waals surface area contributed by atoms with Gasteiger partial charge in [-0.05, 0) is 43.2 Å². The van der Waals surface area contributed by atoms with Gasteiger partial charge in [0.1, 0.15) is 18.2 Å². The molecule has 1 aromatic heterocycles. The number of aliphatic hydroxyl groups excluding tert-OH is 1. The van der Waals surface area contributed by atoms with Gasteiger partial charge < -0.3 is 24.2 Å². The molecular formula is C23H31N3O4. The normalized spacial score (nSPS) is 19.2. The summed E-state index contributed by atoms with van der Waals surface area (Å²) < 4.78 is 17.1. The second-order valence-electron chi connectivity index (χ2n) is 7.73. The van der Waals surface area contributed by atoms with Crippen molar-refractivity contribution >= 4 is 5.82 Å². The third-order valence-corrected chi connectivity index (χ3v) is 5.59. The average molecular weight is 414 g/mol. The molecule has 2 aliphatic rings. The van der Waals surface area contributed by atoms with E-state index < -0.39 is 0 Å². The Kier molecular flexibility index (Phi) is 7.50. The molecule has 7 nitrogen and oxygen atoms in total. The number of anilines is 1. The Balaban J connectivity index is 1.44. The molecule has 1 N–H and O–H groups in total. The van der Waals surface area contributed by atoms with E-state index >= 15 is 0 Å². The zero-order valence-electron chi connectivity index (χ0n) is 17.5. The van der Waals surface area contributed by atoms with Crippen molar-refractivity contribution in [2.45, 2.75) is 44.8 Å². The van der Waals surface area contributed by atoms with E-state index in [4.69, 9.17) is 24.3 Å². The summed E-state index contributed by atoms with van der Waals surface area (Å²) in [5, 5.41) is 9.13. The lowest BCUT2D eigenvalue weighted by Crippen LogP contribution is -2.28. The highest BCUT2D eigenvalue weighted by atomic mass is 16.7. The fourth-order valence-electron chi connectivity index (χ4n) is 3.98. The monoisotopic (exact) mass is 413 g/mol. The van der Waals surface area contributed by atoms with Crippen LogP contribution in [-0.2, 0) is 28.7 Å². The zero-order valence-corrected chi connectivity index (χ0v) is 17.5. The molecule has 1 atom stereocenters. The first-order valence-corrected chi connectivity index (χ1v) is 11.0. The lowest BCUT2D eigenvalue weighted by molar-refractivity contribution is -0.161. The van der Waals surface area contributed by atoms with Crippen LogP contribution in [0.1, 0.15) is 36.2 Å². The largest absolute Gasteiger partial charge is 0.475 e. The Bertz CT molecular complexity index is 784. The summed E-state index contributed by atoms with van der Waals surface area (Å²) in [5.41, 5.74) is 2.82. The molecule has 0 bridgehead atoms. The van der Waals surface area contributed by atoms with E-state index in [1.165, 1.54) is 11.1 Å². The first-order chi connectivity index (χ1) is 14.8. The molecule has 3 heterocycles. The number of hydrogen-bond donors (Lipinski definition) is 1. The van der Waals surface area contributed by atoms with Gasteiger partial charge in [-0.2, -0.15) is 4.98 Å². The lowest BCUT2D eigenvalue weighted by Gasteiger charge is -2.23. The van der Waals surface area contributed by atoms with Crippen LogP contribution in [0, 0.1) is 0 Å². The molecule has 7 heteroatoms. The van der Waals surface area contributed by atoms with Crippen molar-refractivity contribution in [3.8, 4) is 5.88 Å². The number of benzene rings is 1. The topological polar surface area (TPSA) is 76.9 Å². The summed E-state index contributed by atoms with van der Waals surface area (Å²) in [6.07, 6.45) is 5.66. The van der Waals surface area contributed by atoms with Gasteiger partial charge in [0, 0.05) is 32.2 Å². The van der Waals surface area contributed by atoms with Crippen molar-refractivity contribution < 1.29 is 19.3 Å². The van der Waals surface area contributed by atoms with E-state index in [-0.39, 0.29) is 19.5 Å². The molecule has 4 rings (SSSR count). The summed E-state index contributed by atoms with van der Waals surface area (Å²) in [7, 11) is 0. The minimum Gasteiger partial charge on any atom is -0.475 e. The second kappa shape index (κ2) is 10.7. The highest BCUT2D eigenvalue weighted by molar-refractivity contribution is 5.44. The molecule has 1 aromatic carbocycles. The maximum Gasteiger partial charge on any atom is 0.218 e. The second-order valence-corrected chi connectivity index (χ2v) is 7.73. The Morgan fingerprint density at radius 2 is 1.87 bits per heavy atom. The van der Waals surface area contributed by atoms with E-state index in [2.05, 4.69) is 34.1 Å². The van der Waals surface area contributed by atoms with Crippen molar-refractivity contribution in [1.82, 2.24) is 9.97 Å². The first-order valence-electron chi connectivity index (χ1n) is 11.0. The van der Waals surface area contributed by atoms with Crippen LogP contribution >= 0.6 is 0 Å². The summed E-state index contributed by atoms with van der Waals surface area (Å²) >= 11 is 0. The molecule has 0 aliphatic carbocycles. The predicted octanol–water partition coefficient (Wildman–Crippen LogP) is 2.54. The van der Waals surface area contributed by atoms with Crippen molar-refractivity contribution in [2.24, 2.45) is 0 Å². The van der Waals surface area contributed by atoms with Crippen molar-refractivity contribution in [3.05, 3.63) is 47.3 Å². The van der Waals surface area contributed by atoms with E-state index in [1.807, 2.05) is 6.07 Å². The molecule has 0 saturated carbocycles. The molecule has 2 aliphatic heterocycles. The Hall–Kier alpha value is -2.22. The van der Waals surface area contributed by atoms with Gasteiger partial charge in [0.05, 0.1) is 13.2 Å². The third-order valence-electron chi connectivity index (χ3n) is 5.59. The lowest BCUT2D eigenvalue weighted by atomic mass is 10.0. The summed E-state index contributed by atoms with van der Waals surface area (Å²) in [6, 6.07) is 10.5. The molecule has 30 heavy (non-hydrogen) atoms. The van der Waals surface area contributed by atoms with Gasteiger partial charge in [0.15, 0.2) is 6.29 Å². The van der Waals surface area contributed by atoms with Crippen molar-refractivity contribution in [2.75, 3.05) is 44.4 Å². The maximum absolute atomic E-state index is 9.13. The minimum atomic E-state index is -0.115. The van der Waals surface area contributed by atoms with Crippen molar-refractivity contribution in [3.63, 3.8) is 0 Å². The van der Waals surface area contributed by atoms with E-state index in [9.17, 15) is 0 Å². The molecule has 0 radical (unpaired) electrons. The minimum absolute atomic E-state index is 0.0458. The van der Waals surface area contributed by atoms with E-state index in [0.717, 1.165) is 57.6 Å². The molecular weight excluding hydrogens is 382 g/mol. The van der Waals surface area contributed by atoms with Crippen LogP contribution in [0.15, 0.2) is 30.3 Å². The molecule has 1 saturated heterocycles. The number of aliphatic hydroxyl groups is 1. The molecule has 0 spiro atoms. The van der Waals surface area contributed by atoms with Gasteiger partial charge in [0.2, 0.25) is 5.88 Å². The van der Waals surface area contributed by atoms with Crippen LogP contribution in [0.4, 0.5) is 5.82 Å². The highest BCUT2D eigenvalue weighted by Gasteiger charge is 2.18. The number of fused-ring (bicyclic) bond motifs is 1. The van der Waals surface area contributed by atoms with Crippen LogP contribution in [0.3, 0.4) is 0 Å². The molecule has 1 unspecified atom stereocenters. The van der Waals surface area contributed by atoms with Gasteiger partial charge in [-0.25, -0.2) is 4.98 Å². The smallest absolute Gasteiger partial charge is 0.218 e.